The Morgan fingerprint density at radius 2 is 1.73 bits per heavy atom. The maximum absolute atomic E-state index is 12.1. The van der Waals surface area contributed by atoms with Crippen molar-refractivity contribution >= 4 is 37.3 Å². The van der Waals surface area contributed by atoms with Crippen molar-refractivity contribution in [1.29, 1.82) is 0 Å². The molecule has 0 amide bonds. The Bertz CT molecular complexity index is 1330. The number of anilines is 1. The standard InChI is InChI=1S/C23H26N2O6S2/c1-23(2)19-12-8-13-20(33(29,30)31)22(19)25(16-9-17-32(26,27)28)21(23)14-6-7-15-24-18-10-4-3-5-11-18/h3-8,10-15H,9,16-17H2,1-2H3,(H2,26,27,28,29,30,31). The Hall–Kier alpha value is -2.79. The van der Waals surface area contributed by atoms with Crippen LogP contribution in [0, 0.1) is 0 Å². The molecule has 10 heteroatoms. The summed E-state index contributed by atoms with van der Waals surface area (Å²) in [7, 11) is -8.95. The summed E-state index contributed by atoms with van der Waals surface area (Å²) < 4.78 is 68.9. The molecule has 33 heavy (non-hydrogen) atoms. The van der Waals surface area contributed by atoms with Gasteiger partial charge in [-0.1, -0.05) is 36.4 Å². The molecule has 1 aliphatic heterocycles. The third-order valence-electron chi connectivity index (χ3n) is 5.41. The molecule has 2 aromatic carbocycles. The van der Waals surface area contributed by atoms with Crippen LogP contribution in [0.15, 0.2) is 77.9 Å². The molecule has 176 valence electrons. The zero-order valence-electron chi connectivity index (χ0n) is 18.3. The molecule has 2 N–H and O–H groups in total. The van der Waals surface area contributed by atoms with Crippen LogP contribution in [-0.2, 0) is 25.7 Å². The minimum absolute atomic E-state index is 0.00387. The van der Waals surface area contributed by atoms with Gasteiger partial charge >= 0.3 is 10.1 Å². The summed E-state index contributed by atoms with van der Waals surface area (Å²) in [6, 6.07) is 14.2. The van der Waals surface area contributed by atoms with Gasteiger partial charge in [-0.25, -0.2) is 8.42 Å². The van der Waals surface area contributed by atoms with E-state index in [0.717, 1.165) is 5.69 Å². The van der Waals surface area contributed by atoms with Crippen molar-refractivity contribution in [2.45, 2.75) is 30.6 Å². The van der Waals surface area contributed by atoms with Gasteiger partial charge in [0.1, 0.15) is 6.54 Å². The third kappa shape index (κ3) is 5.97. The molecule has 0 fully saturated rings. The fourth-order valence-corrected chi connectivity index (χ4v) is 5.12. The van der Waals surface area contributed by atoms with Crippen molar-refractivity contribution in [2.75, 3.05) is 17.6 Å². The quantitative estimate of drug-likeness (QED) is 0.313. The lowest BCUT2D eigenvalue weighted by Crippen LogP contribution is -2.28. The van der Waals surface area contributed by atoms with E-state index in [-0.39, 0.29) is 17.9 Å². The number of fused-ring (bicyclic) bond motifs is 1. The van der Waals surface area contributed by atoms with E-state index in [1.807, 2.05) is 50.3 Å². The van der Waals surface area contributed by atoms with Crippen LogP contribution in [0.4, 0.5) is 11.4 Å². The average Bonchev–Trinajstić information content (AvgIpc) is 2.94. The van der Waals surface area contributed by atoms with Gasteiger partial charge in [0, 0.05) is 35.7 Å². The van der Waals surface area contributed by atoms with Crippen LogP contribution in [0.3, 0.4) is 0 Å². The molecule has 1 aliphatic rings. The second kappa shape index (κ2) is 9.60. The Labute approximate surface area is 194 Å². The van der Waals surface area contributed by atoms with Crippen molar-refractivity contribution in [3.63, 3.8) is 0 Å². The smallest absolute Gasteiger partial charge is 0.301 e. The fourth-order valence-electron chi connectivity index (χ4n) is 3.92. The van der Waals surface area contributed by atoms with Crippen LogP contribution < -0.4 is 5.32 Å². The molecule has 3 rings (SSSR count). The van der Waals surface area contributed by atoms with Crippen LogP contribution in [0.2, 0.25) is 0 Å². The van der Waals surface area contributed by atoms with Crippen molar-refractivity contribution < 1.29 is 30.5 Å². The molecule has 0 aromatic heterocycles. The second-order valence-electron chi connectivity index (χ2n) is 8.13. The lowest BCUT2D eigenvalue weighted by molar-refractivity contribution is -0.440. The summed E-state index contributed by atoms with van der Waals surface area (Å²) in [6.07, 6.45) is 7.12. The van der Waals surface area contributed by atoms with Crippen LogP contribution in [0.5, 0.6) is 0 Å². The summed E-state index contributed by atoms with van der Waals surface area (Å²) in [5.41, 5.74) is 1.96. The molecule has 0 aliphatic carbocycles. The lowest BCUT2D eigenvalue weighted by atomic mass is 9.81. The van der Waals surface area contributed by atoms with Gasteiger partial charge in [-0.05, 0) is 38.1 Å². The molecule has 2 aromatic rings. The average molecular weight is 491 g/mol. The van der Waals surface area contributed by atoms with E-state index in [4.69, 9.17) is 0 Å². The number of para-hydroxylation sites is 2. The van der Waals surface area contributed by atoms with E-state index < -0.39 is 31.4 Å². The first-order valence-electron chi connectivity index (χ1n) is 10.3. The van der Waals surface area contributed by atoms with Crippen LogP contribution >= 0.6 is 0 Å². The SMILES string of the molecule is CC1(C)C(/C=C/C=C/Nc2ccccc2)=[N+](CCCS(=O)(=O)[O-])c2c1cccc2S(=O)(=O)O. The summed E-state index contributed by atoms with van der Waals surface area (Å²) in [4.78, 5) is -0.261. The molecule has 0 radical (unpaired) electrons. The topological polar surface area (TPSA) is 127 Å². The molecule has 0 unspecified atom stereocenters. The number of nitrogens with one attached hydrogen (secondary N) is 1. The predicted molar refractivity (Wildman–Crippen MR) is 127 cm³/mol. The highest BCUT2D eigenvalue weighted by molar-refractivity contribution is 7.86. The number of allylic oxidation sites excluding steroid dienone is 3. The first kappa shape index (κ1) is 24.8. The molecule has 1 heterocycles. The highest BCUT2D eigenvalue weighted by Gasteiger charge is 2.47. The largest absolute Gasteiger partial charge is 0.748 e. The van der Waals surface area contributed by atoms with Crippen LogP contribution in [-0.4, -0.2) is 48.5 Å². The zero-order chi connectivity index (χ0) is 24.3. The Morgan fingerprint density at radius 1 is 1.03 bits per heavy atom. The number of hydrogen-bond acceptors (Lipinski definition) is 6. The van der Waals surface area contributed by atoms with Crippen molar-refractivity contribution in [2.24, 2.45) is 0 Å². The van der Waals surface area contributed by atoms with Crippen molar-refractivity contribution in [3.05, 3.63) is 78.5 Å². The summed E-state index contributed by atoms with van der Waals surface area (Å²) in [5.74, 6) is -0.578. The van der Waals surface area contributed by atoms with Gasteiger partial charge in [-0.15, -0.1) is 0 Å². The van der Waals surface area contributed by atoms with Gasteiger partial charge in [0.2, 0.25) is 5.69 Å². The molecule has 0 bridgehead atoms. The van der Waals surface area contributed by atoms with E-state index in [1.165, 1.54) is 6.07 Å². The van der Waals surface area contributed by atoms with Gasteiger partial charge in [-0.2, -0.15) is 13.0 Å². The summed E-state index contributed by atoms with van der Waals surface area (Å²) in [5, 5.41) is 3.13. The van der Waals surface area contributed by atoms with Gasteiger partial charge < -0.3 is 9.87 Å². The van der Waals surface area contributed by atoms with Crippen LogP contribution in [0.1, 0.15) is 25.8 Å². The van der Waals surface area contributed by atoms with E-state index in [0.29, 0.717) is 17.0 Å². The Balaban J connectivity index is 2.00. The number of hydrogen-bond donors (Lipinski definition) is 2. The summed E-state index contributed by atoms with van der Waals surface area (Å²) in [6.45, 7) is 3.92. The number of nitrogens with zero attached hydrogens (tertiary/aromatic N) is 1. The van der Waals surface area contributed by atoms with E-state index >= 15 is 0 Å². The first-order valence-corrected chi connectivity index (χ1v) is 13.3. The lowest BCUT2D eigenvalue weighted by Gasteiger charge is -2.15. The van der Waals surface area contributed by atoms with E-state index in [1.54, 1.807) is 35.1 Å². The Kier molecular flexibility index (Phi) is 7.23. The van der Waals surface area contributed by atoms with Gasteiger partial charge in [-0.3, -0.25) is 4.55 Å². The van der Waals surface area contributed by atoms with Crippen molar-refractivity contribution in [3.8, 4) is 0 Å². The zero-order valence-corrected chi connectivity index (χ0v) is 19.9. The highest BCUT2D eigenvalue weighted by atomic mass is 32.2. The predicted octanol–water partition coefficient (Wildman–Crippen LogP) is 3.43. The molecule has 0 spiro atoms. The van der Waals surface area contributed by atoms with Gasteiger partial charge in [0.05, 0.1) is 15.5 Å². The van der Waals surface area contributed by atoms with Crippen molar-refractivity contribution in [1.82, 2.24) is 0 Å². The third-order valence-corrected chi connectivity index (χ3v) is 7.09. The van der Waals surface area contributed by atoms with Gasteiger partial charge in [0.25, 0.3) is 0 Å². The minimum Gasteiger partial charge on any atom is -0.748 e. The molecule has 0 atom stereocenters. The fraction of sp³-hybridized carbons (Fsp3) is 0.261. The first-order chi connectivity index (χ1) is 15.4. The maximum atomic E-state index is 12.1. The van der Waals surface area contributed by atoms with E-state index in [9.17, 15) is 25.9 Å². The molecule has 0 saturated heterocycles. The van der Waals surface area contributed by atoms with Crippen LogP contribution in [0.25, 0.3) is 0 Å². The summed E-state index contributed by atoms with van der Waals surface area (Å²) >= 11 is 0. The molecular formula is C23H26N2O6S2. The molecule has 0 saturated carbocycles. The monoisotopic (exact) mass is 490 g/mol. The number of rotatable bonds is 9. The normalized spacial score (nSPS) is 16.0. The second-order valence-corrected chi connectivity index (χ2v) is 11.0. The molecule has 8 nitrogen and oxygen atoms in total. The molecular weight excluding hydrogens is 464 g/mol. The minimum atomic E-state index is -4.53. The maximum Gasteiger partial charge on any atom is 0.301 e. The van der Waals surface area contributed by atoms with E-state index in [2.05, 4.69) is 5.32 Å². The van der Waals surface area contributed by atoms with Gasteiger partial charge in [0.15, 0.2) is 10.6 Å². The number of benzene rings is 2. The Morgan fingerprint density at radius 3 is 2.36 bits per heavy atom. The highest BCUT2D eigenvalue weighted by Crippen LogP contribution is 2.43.